The molecule has 1 aliphatic rings. The fraction of sp³-hybridized carbons (Fsp3) is 0.238. The summed E-state index contributed by atoms with van der Waals surface area (Å²) in [4.78, 5) is 16.6. The summed E-state index contributed by atoms with van der Waals surface area (Å²) in [5.74, 6) is 0.796. The minimum atomic E-state index is 0.171. The highest BCUT2D eigenvalue weighted by atomic mass is 32.1. The van der Waals surface area contributed by atoms with Crippen LogP contribution in [0, 0.1) is 0 Å². The van der Waals surface area contributed by atoms with E-state index in [1.54, 1.807) is 12.4 Å². The molecule has 0 bridgehead atoms. The Balaban J connectivity index is 1.30. The van der Waals surface area contributed by atoms with Gasteiger partial charge in [0, 0.05) is 61.1 Å². The lowest BCUT2D eigenvalue weighted by Crippen LogP contribution is -2.44. The topological polar surface area (TPSA) is 111 Å². The van der Waals surface area contributed by atoms with Gasteiger partial charge in [-0.1, -0.05) is 17.4 Å². The maximum Gasteiger partial charge on any atom is 0.213 e. The van der Waals surface area contributed by atoms with Crippen LogP contribution in [-0.2, 0) is 0 Å². The first-order chi connectivity index (χ1) is 15.7. The Hall–Kier alpha value is -3.70. The first-order valence-electron chi connectivity index (χ1n) is 10.3. The molecule has 0 unspecified atom stereocenters. The van der Waals surface area contributed by atoms with Crippen LogP contribution in [0.2, 0.25) is 0 Å². The average Bonchev–Trinajstić information content (AvgIpc) is 3.55. The summed E-state index contributed by atoms with van der Waals surface area (Å²) in [6, 6.07) is 5.88. The van der Waals surface area contributed by atoms with Crippen molar-refractivity contribution in [2.75, 3.05) is 43.4 Å². The monoisotopic (exact) mass is 447 g/mol. The first-order valence-corrected chi connectivity index (χ1v) is 11.1. The zero-order valence-electron chi connectivity index (χ0n) is 17.4. The van der Waals surface area contributed by atoms with Gasteiger partial charge in [0.1, 0.15) is 0 Å². The Labute approximate surface area is 187 Å². The van der Waals surface area contributed by atoms with Crippen molar-refractivity contribution < 1.29 is 5.11 Å². The van der Waals surface area contributed by atoms with Crippen molar-refractivity contribution in [1.29, 1.82) is 0 Å². The van der Waals surface area contributed by atoms with Crippen molar-refractivity contribution in [3.8, 4) is 17.1 Å². The molecular weight excluding hydrogens is 426 g/mol. The molecule has 0 atom stereocenters. The molecule has 5 heterocycles. The molecule has 5 aromatic rings. The van der Waals surface area contributed by atoms with E-state index in [0.717, 1.165) is 53.3 Å². The fourth-order valence-corrected chi connectivity index (χ4v) is 4.79. The Morgan fingerprint density at radius 1 is 1.12 bits per heavy atom. The Morgan fingerprint density at radius 2 is 2.00 bits per heavy atom. The number of hydrogen-bond donors (Lipinski definition) is 3. The number of piperazine rings is 1. The predicted octanol–water partition coefficient (Wildman–Crippen LogP) is 2.93. The van der Waals surface area contributed by atoms with Gasteiger partial charge in [-0.2, -0.15) is 0 Å². The minimum Gasteiger partial charge on any atom is -0.494 e. The summed E-state index contributed by atoms with van der Waals surface area (Å²) in [6.07, 6.45) is 7.26. The van der Waals surface area contributed by atoms with Gasteiger partial charge in [-0.05, 0) is 19.2 Å². The molecule has 3 N–H and O–H groups in total. The highest BCUT2D eigenvalue weighted by Gasteiger charge is 2.19. The number of aromatic hydroxyl groups is 1. The molecular formula is C21H21N9OS. The Kier molecular flexibility index (Phi) is 4.44. The van der Waals surface area contributed by atoms with Gasteiger partial charge < -0.3 is 25.2 Å². The lowest BCUT2D eigenvalue weighted by molar-refractivity contribution is 0.312. The standard InChI is InChI=1S/C21H21N9OS/c1-28-6-8-29(9-7-28)21-27-26-20(32-21)25-17-18-22-4-5-30(18)16(12-23-17)13-2-3-15-14(10-13)11-24-19(15)31/h2-5,10-12,24,31H,6-9H2,1H3,(H,23,25,26). The summed E-state index contributed by atoms with van der Waals surface area (Å²) in [5, 5.41) is 25.2. The normalized spacial score (nSPS) is 15.1. The largest absolute Gasteiger partial charge is 0.494 e. The molecule has 4 aromatic heterocycles. The average molecular weight is 448 g/mol. The third kappa shape index (κ3) is 3.22. The lowest BCUT2D eigenvalue weighted by atomic mass is 10.1. The van der Waals surface area contributed by atoms with Crippen LogP contribution in [0.3, 0.4) is 0 Å². The van der Waals surface area contributed by atoms with Crippen molar-refractivity contribution in [3.05, 3.63) is 43.0 Å². The van der Waals surface area contributed by atoms with Crippen LogP contribution in [0.15, 0.2) is 43.0 Å². The Morgan fingerprint density at radius 3 is 2.88 bits per heavy atom. The number of fused-ring (bicyclic) bond motifs is 2. The van der Waals surface area contributed by atoms with E-state index >= 15 is 0 Å². The van der Waals surface area contributed by atoms with Crippen LogP contribution in [0.1, 0.15) is 0 Å². The third-order valence-corrected chi connectivity index (χ3v) is 6.71. The molecule has 162 valence electrons. The number of imidazole rings is 1. The highest BCUT2D eigenvalue weighted by Crippen LogP contribution is 2.32. The zero-order valence-corrected chi connectivity index (χ0v) is 18.2. The van der Waals surface area contributed by atoms with Crippen LogP contribution in [0.5, 0.6) is 5.88 Å². The number of nitrogens with zero attached hydrogens (tertiary/aromatic N) is 7. The zero-order chi connectivity index (χ0) is 21.7. The molecule has 0 radical (unpaired) electrons. The molecule has 1 saturated heterocycles. The van der Waals surface area contributed by atoms with Crippen LogP contribution >= 0.6 is 11.3 Å². The highest BCUT2D eigenvalue weighted by molar-refractivity contribution is 7.19. The van der Waals surface area contributed by atoms with Crippen LogP contribution in [0.25, 0.3) is 27.7 Å². The van der Waals surface area contributed by atoms with E-state index < -0.39 is 0 Å². The van der Waals surface area contributed by atoms with E-state index in [1.807, 2.05) is 35.0 Å². The number of hydrogen-bond acceptors (Lipinski definition) is 9. The van der Waals surface area contributed by atoms with Gasteiger partial charge in [-0.15, -0.1) is 10.2 Å². The maximum absolute atomic E-state index is 9.88. The molecule has 1 aromatic carbocycles. The molecule has 1 aliphatic heterocycles. The number of aromatic nitrogens is 6. The summed E-state index contributed by atoms with van der Waals surface area (Å²) < 4.78 is 1.99. The van der Waals surface area contributed by atoms with E-state index in [-0.39, 0.29) is 5.88 Å². The van der Waals surface area contributed by atoms with Gasteiger partial charge in [0.15, 0.2) is 17.3 Å². The van der Waals surface area contributed by atoms with Crippen molar-refractivity contribution in [1.82, 2.24) is 34.4 Å². The van der Waals surface area contributed by atoms with Gasteiger partial charge in [0.25, 0.3) is 0 Å². The number of rotatable bonds is 4. The molecule has 32 heavy (non-hydrogen) atoms. The van der Waals surface area contributed by atoms with Crippen LogP contribution in [0.4, 0.5) is 16.1 Å². The lowest BCUT2D eigenvalue weighted by Gasteiger charge is -2.31. The second kappa shape index (κ2) is 7.46. The van der Waals surface area contributed by atoms with E-state index in [1.165, 1.54) is 11.3 Å². The molecule has 1 fully saturated rings. The van der Waals surface area contributed by atoms with Crippen molar-refractivity contribution >= 4 is 43.8 Å². The smallest absolute Gasteiger partial charge is 0.213 e. The molecule has 10 nitrogen and oxygen atoms in total. The van der Waals surface area contributed by atoms with Gasteiger partial charge >= 0.3 is 0 Å². The van der Waals surface area contributed by atoms with Crippen molar-refractivity contribution in [2.24, 2.45) is 0 Å². The van der Waals surface area contributed by atoms with Crippen LogP contribution in [-0.4, -0.2) is 72.8 Å². The van der Waals surface area contributed by atoms with Crippen molar-refractivity contribution in [2.45, 2.75) is 0 Å². The SMILES string of the molecule is CN1CCN(c2nnc(Nc3ncc(-c4ccc5c(O)[nH]cc5c4)n4ccnc34)s2)CC1. The van der Waals surface area contributed by atoms with E-state index in [0.29, 0.717) is 16.6 Å². The quantitative estimate of drug-likeness (QED) is 0.386. The number of anilines is 3. The molecule has 11 heteroatoms. The van der Waals surface area contributed by atoms with Crippen LogP contribution < -0.4 is 10.2 Å². The summed E-state index contributed by atoms with van der Waals surface area (Å²) >= 11 is 1.52. The second-order valence-electron chi connectivity index (χ2n) is 7.86. The van der Waals surface area contributed by atoms with Crippen molar-refractivity contribution in [3.63, 3.8) is 0 Å². The van der Waals surface area contributed by atoms with Gasteiger partial charge in [-0.25, -0.2) is 9.97 Å². The molecule has 0 amide bonds. The molecule has 0 spiro atoms. The molecule has 0 aliphatic carbocycles. The number of H-pyrrole nitrogens is 1. The van der Waals surface area contributed by atoms with E-state index in [2.05, 4.69) is 47.3 Å². The first kappa shape index (κ1) is 19.0. The maximum atomic E-state index is 9.88. The van der Waals surface area contributed by atoms with E-state index in [9.17, 15) is 5.11 Å². The summed E-state index contributed by atoms with van der Waals surface area (Å²) in [5.41, 5.74) is 2.59. The fourth-order valence-electron chi connectivity index (χ4n) is 3.99. The predicted molar refractivity (Wildman–Crippen MR) is 125 cm³/mol. The molecule has 6 rings (SSSR count). The van der Waals surface area contributed by atoms with Gasteiger partial charge in [0.05, 0.1) is 11.9 Å². The number of aromatic amines is 1. The second-order valence-corrected chi connectivity index (χ2v) is 8.81. The third-order valence-electron chi connectivity index (χ3n) is 5.81. The summed E-state index contributed by atoms with van der Waals surface area (Å²) in [6.45, 7) is 3.94. The number of nitrogens with one attached hydrogen (secondary N) is 2. The van der Waals surface area contributed by atoms with Gasteiger partial charge in [0.2, 0.25) is 10.3 Å². The molecule has 0 saturated carbocycles. The Bertz CT molecular complexity index is 1410. The van der Waals surface area contributed by atoms with E-state index in [4.69, 9.17) is 0 Å². The number of benzene rings is 1. The van der Waals surface area contributed by atoms with Gasteiger partial charge in [-0.3, -0.25) is 4.40 Å². The summed E-state index contributed by atoms with van der Waals surface area (Å²) in [7, 11) is 2.13. The number of likely N-dealkylation sites (N-methyl/N-ethyl adjacent to an activating group) is 1. The minimum absolute atomic E-state index is 0.171.